The molecule has 216 valence electrons. The van der Waals surface area contributed by atoms with Gasteiger partial charge in [0.2, 0.25) is 0 Å². The molecule has 41 heavy (non-hydrogen) atoms. The van der Waals surface area contributed by atoms with Crippen molar-refractivity contribution in [2.75, 3.05) is 37.7 Å². The molecule has 2 saturated heterocycles. The fraction of sp³-hybridized carbons (Fsp3) is 0.515. The Hall–Kier alpha value is -2.94. The second kappa shape index (κ2) is 10.4. The predicted molar refractivity (Wildman–Crippen MR) is 161 cm³/mol. The van der Waals surface area contributed by atoms with Gasteiger partial charge in [0.05, 0.1) is 11.1 Å². The number of hydrogen-bond acceptors (Lipinski definition) is 7. The number of nitrogens with zero attached hydrogens (tertiary/aromatic N) is 3. The molecule has 3 fully saturated rings. The lowest BCUT2D eigenvalue weighted by atomic mass is 9.90. The lowest BCUT2D eigenvalue weighted by Gasteiger charge is -2.38. The first-order chi connectivity index (χ1) is 19.8. The summed E-state index contributed by atoms with van der Waals surface area (Å²) in [5, 5.41) is 12.7. The van der Waals surface area contributed by atoms with Gasteiger partial charge in [-0.05, 0) is 91.8 Å². The SMILES string of the molecule is Cc1cc(C)c(OCc2ccc3c(c2C)CCN(C2CCOCC2)C3)c(-c2csc(N3C[C@@H]4C[C@]4(C(=O)O)C3)n2)c1. The molecule has 8 heteroatoms. The van der Waals surface area contributed by atoms with Crippen LogP contribution in [0.15, 0.2) is 29.6 Å². The maximum absolute atomic E-state index is 11.8. The highest BCUT2D eigenvalue weighted by atomic mass is 32.1. The molecular weight excluding hydrogens is 534 g/mol. The molecule has 0 spiro atoms. The summed E-state index contributed by atoms with van der Waals surface area (Å²) in [7, 11) is 0. The number of rotatable bonds is 7. The third-order valence-corrected chi connectivity index (χ3v) is 10.8. The molecule has 4 heterocycles. The highest BCUT2D eigenvalue weighted by Gasteiger charge is 2.65. The predicted octanol–water partition coefficient (Wildman–Crippen LogP) is 5.76. The van der Waals surface area contributed by atoms with E-state index in [1.807, 2.05) is 0 Å². The first kappa shape index (κ1) is 26.9. The quantitative estimate of drug-likeness (QED) is 0.385. The Labute approximate surface area is 246 Å². The van der Waals surface area contributed by atoms with E-state index in [1.165, 1.54) is 27.8 Å². The molecule has 0 radical (unpaired) electrons. The van der Waals surface area contributed by atoms with Gasteiger partial charge in [0.1, 0.15) is 12.4 Å². The Kier molecular flexibility index (Phi) is 6.83. The van der Waals surface area contributed by atoms with Crippen molar-refractivity contribution in [1.29, 1.82) is 0 Å². The largest absolute Gasteiger partial charge is 0.488 e. The van der Waals surface area contributed by atoms with Crippen molar-refractivity contribution in [3.63, 3.8) is 0 Å². The summed E-state index contributed by atoms with van der Waals surface area (Å²) in [4.78, 5) is 21.6. The van der Waals surface area contributed by atoms with Gasteiger partial charge >= 0.3 is 5.97 Å². The summed E-state index contributed by atoms with van der Waals surface area (Å²) >= 11 is 1.59. The highest BCUT2D eigenvalue weighted by molar-refractivity contribution is 7.14. The van der Waals surface area contributed by atoms with Crippen molar-refractivity contribution < 1.29 is 19.4 Å². The van der Waals surface area contributed by atoms with Crippen LogP contribution in [0.5, 0.6) is 5.75 Å². The minimum atomic E-state index is -0.666. The van der Waals surface area contributed by atoms with Crippen molar-refractivity contribution in [3.8, 4) is 17.0 Å². The summed E-state index contributed by atoms with van der Waals surface area (Å²) in [6.07, 6.45) is 4.16. The van der Waals surface area contributed by atoms with Crippen LogP contribution < -0.4 is 9.64 Å². The number of benzene rings is 2. The van der Waals surface area contributed by atoms with E-state index in [4.69, 9.17) is 14.5 Å². The maximum atomic E-state index is 11.8. The van der Waals surface area contributed by atoms with Crippen LogP contribution in [0.25, 0.3) is 11.3 Å². The maximum Gasteiger partial charge on any atom is 0.311 e. The Morgan fingerprint density at radius 3 is 2.83 bits per heavy atom. The molecular formula is C33H39N3O4S. The number of anilines is 1. The van der Waals surface area contributed by atoms with Gasteiger partial charge in [-0.2, -0.15) is 0 Å². The summed E-state index contributed by atoms with van der Waals surface area (Å²) in [6, 6.07) is 9.53. The summed E-state index contributed by atoms with van der Waals surface area (Å²) < 4.78 is 12.2. The number of carbonyl (C=O) groups is 1. The van der Waals surface area contributed by atoms with Gasteiger partial charge in [-0.25, -0.2) is 4.98 Å². The third kappa shape index (κ3) is 4.84. The van der Waals surface area contributed by atoms with E-state index in [2.05, 4.69) is 60.2 Å². The van der Waals surface area contributed by atoms with Crippen LogP contribution in [0.2, 0.25) is 0 Å². The first-order valence-corrected chi connectivity index (χ1v) is 15.8. The van der Waals surface area contributed by atoms with E-state index < -0.39 is 11.4 Å². The zero-order chi connectivity index (χ0) is 28.3. The normalized spacial score (nSPS) is 24.3. The molecule has 1 saturated carbocycles. The number of hydrogen-bond donors (Lipinski definition) is 1. The van der Waals surface area contributed by atoms with Crippen molar-refractivity contribution in [2.24, 2.45) is 11.3 Å². The van der Waals surface area contributed by atoms with E-state index in [-0.39, 0.29) is 5.92 Å². The summed E-state index contributed by atoms with van der Waals surface area (Å²) in [5.41, 5.74) is 9.15. The van der Waals surface area contributed by atoms with Crippen molar-refractivity contribution >= 4 is 22.4 Å². The molecule has 0 bridgehead atoms. The van der Waals surface area contributed by atoms with Crippen LogP contribution in [0, 0.1) is 32.1 Å². The minimum Gasteiger partial charge on any atom is -0.488 e. The standard InChI is InChI=1S/C33H39N3O4S/c1-20-12-21(2)30(28(13-20)29-18-41-32(34-29)36-16-25-14-33(25,19-36)31(37)38)40-17-24-5-4-23-15-35(9-6-27(23)22(24)3)26-7-10-39-11-8-26/h4-5,12-13,18,25-26H,6-11,14-17,19H2,1-3H3,(H,37,38)/t25-,33-/m0/s1. The van der Waals surface area contributed by atoms with E-state index in [0.717, 1.165) is 86.2 Å². The molecule has 0 amide bonds. The molecule has 7 rings (SSSR count). The number of carboxylic acids is 1. The van der Waals surface area contributed by atoms with Crippen LogP contribution in [-0.4, -0.2) is 59.8 Å². The van der Waals surface area contributed by atoms with Crippen LogP contribution in [0.4, 0.5) is 5.13 Å². The fourth-order valence-corrected chi connectivity index (χ4v) is 8.24. The average molecular weight is 574 g/mol. The first-order valence-electron chi connectivity index (χ1n) is 14.9. The monoisotopic (exact) mass is 573 g/mol. The van der Waals surface area contributed by atoms with Crippen molar-refractivity contribution in [3.05, 3.63) is 63.0 Å². The Balaban J connectivity index is 1.09. The Morgan fingerprint density at radius 1 is 1.22 bits per heavy atom. The molecule has 1 aromatic heterocycles. The zero-order valence-electron chi connectivity index (χ0n) is 24.2. The molecule has 7 nitrogen and oxygen atoms in total. The summed E-state index contributed by atoms with van der Waals surface area (Å²) in [6.45, 7) is 12.2. The lowest BCUT2D eigenvalue weighted by Crippen LogP contribution is -2.42. The van der Waals surface area contributed by atoms with Crippen LogP contribution in [-0.2, 0) is 29.1 Å². The van der Waals surface area contributed by atoms with Gasteiger partial charge in [-0.15, -0.1) is 11.3 Å². The molecule has 4 aliphatic rings. The van der Waals surface area contributed by atoms with E-state index in [9.17, 15) is 9.90 Å². The smallest absolute Gasteiger partial charge is 0.311 e. The number of piperidine rings is 1. The van der Waals surface area contributed by atoms with Gasteiger partial charge < -0.3 is 19.5 Å². The molecule has 3 aromatic rings. The minimum absolute atomic E-state index is 0.247. The number of aryl methyl sites for hydroxylation is 2. The van der Waals surface area contributed by atoms with Gasteiger partial charge in [0.15, 0.2) is 5.13 Å². The molecule has 2 atom stereocenters. The number of fused-ring (bicyclic) bond motifs is 2. The second-order valence-electron chi connectivity index (χ2n) is 12.6. The average Bonchev–Trinajstić information content (AvgIpc) is 3.29. The van der Waals surface area contributed by atoms with E-state index >= 15 is 0 Å². The Morgan fingerprint density at radius 2 is 2.05 bits per heavy atom. The van der Waals surface area contributed by atoms with Crippen molar-refractivity contribution in [2.45, 2.75) is 65.6 Å². The molecule has 3 aliphatic heterocycles. The third-order valence-electron chi connectivity index (χ3n) is 9.94. The fourth-order valence-electron chi connectivity index (χ4n) is 7.41. The number of aliphatic carboxylic acids is 1. The molecule has 1 N–H and O–H groups in total. The van der Waals surface area contributed by atoms with Crippen molar-refractivity contribution in [1.82, 2.24) is 9.88 Å². The van der Waals surface area contributed by atoms with Crippen LogP contribution in [0.3, 0.4) is 0 Å². The van der Waals surface area contributed by atoms with Gasteiger partial charge in [0, 0.05) is 56.4 Å². The molecule has 0 unspecified atom stereocenters. The number of ether oxygens (including phenoxy) is 2. The van der Waals surface area contributed by atoms with Gasteiger partial charge in [0.25, 0.3) is 0 Å². The van der Waals surface area contributed by atoms with E-state index in [0.29, 0.717) is 19.2 Å². The topological polar surface area (TPSA) is 75.1 Å². The highest BCUT2D eigenvalue weighted by Crippen LogP contribution is 2.58. The van der Waals surface area contributed by atoms with Gasteiger partial charge in [-0.1, -0.05) is 18.2 Å². The number of carboxylic acid groups (broad SMARTS) is 1. The Bertz CT molecular complexity index is 1500. The van der Waals surface area contributed by atoms with E-state index in [1.54, 1.807) is 11.3 Å². The molecule has 2 aromatic carbocycles. The summed E-state index contributed by atoms with van der Waals surface area (Å²) in [5.74, 6) is 0.458. The number of thiazole rings is 1. The van der Waals surface area contributed by atoms with Gasteiger partial charge in [-0.3, -0.25) is 9.69 Å². The second-order valence-corrected chi connectivity index (χ2v) is 13.4. The van der Waals surface area contributed by atoms with Crippen LogP contribution >= 0.6 is 11.3 Å². The lowest BCUT2D eigenvalue weighted by molar-refractivity contribution is -0.143. The zero-order valence-corrected chi connectivity index (χ0v) is 25.1. The molecule has 1 aliphatic carbocycles. The number of aromatic nitrogens is 1. The van der Waals surface area contributed by atoms with Crippen LogP contribution in [0.1, 0.15) is 52.6 Å².